The maximum absolute atomic E-state index is 11.3. The Kier molecular flexibility index (Phi) is 3.85. The summed E-state index contributed by atoms with van der Waals surface area (Å²) >= 11 is 0. The van der Waals surface area contributed by atoms with Crippen LogP contribution in [0, 0.1) is 6.92 Å². The number of aromatic nitrogens is 2. The van der Waals surface area contributed by atoms with Crippen LogP contribution < -0.4 is 5.32 Å². The van der Waals surface area contributed by atoms with E-state index in [4.69, 9.17) is 4.74 Å². The molecule has 0 aliphatic carbocycles. The predicted molar refractivity (Wildman–Crippen MR) is 74.8 cm³/mol. The molecule has 1 heterocycles. The summed E-state index contributed by atoms with van der Waals surface area (Å²) < 4.78 is 4.85. The molecule has 0 aliphatic heterocycles. The fourth-order valence-corrected chi connectivity index (χ4v) is 1.84. The molecule has 0 saturated heterocycles. The number of rotatable bonds is 4. The first-order valence-corrected chi connectivity index (χ1v) is 6.17. The van der Waals surface area contributed by atoms with Gasteiger partial charge in [-0.1, -0.05) is 0 Å². The summed E-state index contributed by atoms with van der Waals surface area (Å²) in [7, 11) is 0. The molecule has 0 amide bonds. The van der Waals surface area contributed by atoms with Crippen LogP contribution in [0.4, 0.5) is 5.69 Å². The Bertz CT molecular complexity index is 629. The van der Waals surface area contributed by atoms with Gasteiger partial charge >= 0.3 is 5.97 Å². The third kappa shape index (κ3) is 3.34. The van der Waals surface area contributed by atoms with E-state index in [-0.39, 0.29) is 5.97 Å². The molecule has 0 radical (unpaired) electrons. The third-order valence-corrected chi connectivity index (χ3v) is 2.56. The lowest BCUT2D eigenvalue weighted by molar-refractivity contribution is -0.137. The molecule has 0 spiro atoms. The number of anilines is 1. The number of hydrogen-bond donors (Lipinski definition) is 2. The molecule has 5 heteroatoms. The molecule has 1 aromatic heterocycles. The number of H-pyrrole nitrogens is 1. The zero-order chi connectivity index (χ0) is 13.8. The lowest BCUT2D eigenvalue weighted by atomic mass is 10.2. The van der Waals surface area contributed by atoms with Crippen LogP contribution in [0.1, 0.15) is 19.7 Å². The number of aromatic amines is 1. The van der Waals surface area contributed by atoms with Crippen LogP contribution in [0.15, 0.2) is 30.0 Å². The number of carbonyl (C=O) groups excluding carboxylic acids is 1. The maximum Gasteiger partial charge on any atom is 0.332 e. The lowest BCUT2D eigenvalue weighted by Gasteiger charge is -2.06. The number of allylic oxidation sites excluding steroid dienone is 1. The van der Waals surface area contributed by atoms with Gasteiger partial charge in [0.1, 0.15) is 5.82 Å². The minimum absolute atomic E-state index is 0.342. The molecule has 2 aromatic rings. The van der Waals surface area contributed by atoms with Gasteiger partial charge in [-0.25, -0.2) is 9.78 Å². The van der Waals surface area contributed by atoms with Crippen molar-refractivity contribution in [3.8, 4) is 0 Å². The highest BCUT2D eigenvalue weighted by molar-refractivity contribution is 5.84. The maximum atomic E-state index is 11.3. The Labute approximate surface area is 111 Å². The molecule has 2 rings (SSSR count). The number of esters is 1. The van der Waals surface area contributed by atoms with Crippen molar-refractivity contribution in [1.82, 2.24) is 9.97 Å². The third-order valence-electron chi connectivity index (χ3n) is 2.56. The summed E-state index contributed by atoms with van der Waals surface area (Å²) in [6.45, 7) is 5.89. The Hall–Kier alpha value is -2.30. The van der Waals surface area contributed by atoms with Crippen LogP contribution in [0.5, 0.6) is 0 Å². The van der Waals surface area contributed by atoms with E-state index in [1.807, 2.05) is 32.0 Å². The van der Waals surface area contributed by atoms with Crippen molar-refractivity contribution in [2.75, 3.05) is 11.9 Å². The van der Waals surface area contributed by atoms with Crippen LogP contribution >= 0.6 is 0 Å². The van der Waals surface area contributed by atoms with E-state index in [9.17, 15) is 4.79 Å². The fourth-order valence-electron chi connectivity index (χ4n) is 1.84. The van der Waals surface area contributed by atoms with Gasteiger partial charge in [-0.2, -0.15) is 0 Å². The predicted octanol–water partition coefficient (Wildman–Crippen LogP) is 2.75. The quantitative estimate of drug-likeness (QED) is 0.654. The van der Waals surface area contributed by atoms with Crippen molar-refractivity contribution in [2.24, 2.45) is 0 Å². The number of carbonyl (C=O) groups is 1. The van der Waals surface area contributed by atoms with Crippen LogP contribution in [0.25, 0.3) is 11.0 Å². The van der Waals surface area contributed by atoms with Gasteiger partial charge < -0.3 is 15.0 Å². The Balaban J connectivity index is 2.14. The molecule has 1 aromatic carbocycles. The average molecular weight is 259 g/mol. The van der Waals surface area contributed by atoms with Crippen molar-refractivity contribution < 1.29 is 9.53 Å². The molecule has 2 N–H and O–H groups in total. The Morgan fingerprint density at radius 3 is 3.05 bits per heavy atom. The summed E-state index contributed by atoms with van der Waals surface area (Å²) in [5, 5.41) is 3.15. The van der Waals surface area contributed by atoms with Gasteiger partial charge in [0.05, 0.1) is 17.6 Å². The zero-order valence-corrected chi connectivity index (χ0v) is 11.3. The second-order valence-corrected chi connectivity index (χ2v) is 4.26. The van der Waals surface area contributed by atoms with Gasteiger partial charge in [-0.15, -0.1) is 0 Å². The molecule has 0 bridgehead atoms. The van der Waals surface area contributed by atoms with E-state index in [0.29, 0.717) is 6.61 Å². The molecule has 0 atom stereocenters. The van der Waals surface area contributed by atoms with Crippen LogP contribution in [-0.2, 0) is 9.53 Å². The summed E-state index contributed by atoms with van der Waals surface area (Å²) in [5.41, 5.74) is 3.52. The number of benzene rings is 1. The van der Waals surface area contributed by atoms with E-state index < -0.39 is 0 Å². The summed E-state index contributed by atoms with van der Waals surface area (Å²) in [6.07, 6.45) is 1.44. The SMILES string of the molecule is CCOC(=O)/C=C(\C)Nc1ccc2nc(C)[nH]c2c1. The number of fused-ring (bicyclic) bond motifs is 1. The molecule has 0 fully saturated rings. The second kappa shape index (κ2) is 5.56. The number of nitrogens with zero attached hydrogens (tertiary/aromatic N) is 1. The number of ether oxygens (including phenoxy) is 1. The molecule has 5 nitrogen and oxygen atoms in total. The van der Waals surface area contributed by atoms with Crippen molar-refractivity contribution >= 4 is 22.7 Å². The fraction of sp³-hybridized carbons (Fsp3) is 0.286. The highest BCUT2D eigenvalue weighted by atomic mass is 16.5. The highest BCUT2D eigenvalue weighted by Crippen LogP contribution is 2.18. The molecule has 100 valence electrons. The van der Waals surface area contributed by atoms with Crippen molar-refractivity contribution in [2.45, 2.75) is 20.8 Å². The van der Waals surface area contributed by atoms with Crippen LogP contribution in [-0.4, -0.2) is 22.5 Å². The molecular weight excluding hydrogens is 242 g/mol. The molecule has 19 heavy (non-hydrogen) atoms. The van der Waals surface area contributed by atoms with E-state index in [1.54, 1.807) is 6.92 Å². The van der Waals surface area contributed by atoms with Crippen molar-refractivity contribution in [1.29, 1.82) is 0 Å². The second-order valence-electron chi connectivity index (χ2n) is 4.26. The average Bonchev–Trinajstić information content (AvgIpc) is 2.68. The number of aryl methyl sites for hydroxylation is 1. The first-order valence-electron chi connectivity index (χ1n) is 6.17. The normalized spacial score (nSPS) is 11.6. The minimum atomic E-state index is -0.342. The lowest BCUT2D eigenvalue weighted by Crippen LogP contribution is -2.04. The summed E-state index contributed by atoms with van der Waals surface area (Å²) in [6, 6.07) is 5.81. The standard InChI is InChI=1S/C14H17N3O2/c1-4-19-14(18)7-9(2)15-11-5-6-12-13(8-11)17-10(3)16-12/h5-8,15H,4H2,1-3H3,(H,16,17)/b9-7+. The smallest absolute Gasteiger partial charge is 0.332 e. The topological polar surface area (TPSA) is 67.0 Å². The molecule has 0 unspecified atom stereocenters. The monoisotopic (exact) mass is 259 g/mol. The van der Waals surface area contributed by atoms with E-state index in [2.05, 4.69) is 15.3 Å². The Morgan fingerprint density at radius 1 is 1.53 bits per heavy atom. The van der Waals surface area contributed by atoms with Gasteiger partial charge in [0.2, 0.25) is 0 Å². The number of nitrogens with one attached hydrogen (secondary N) is 2. The minimum Gasteiger partial charge on any atom is -0.463 e. The Morgan fingerprint density at radius 2 is 2.32 bits per heavy atom. The van der Waals surface area contributed by atoms with Gasteiger partial charge in [0.25, 0.3) is 0 Å². The van der Waals surface area contributed by atoms with Gasteiger partial charge in [-0.05, 0) is 39.0 Å². The van der Waals surface area contributed by atoms with Crippen molar-refractivity contribution in [3.63, 3.8) is 0 Å². The first kappa shape index (κ1) is 13.1. The van der Waals surface area contributed by atoms with E-state index in [0.717, 1.165) is 28.2 Å². The van der Waals surface area contributed by atoms with Gasteiger partial charge in [0, 0.05) is 17.5 Å². The van der Waals surface area contributed by atoms with Gasteiger partial charge in [-0.3, -0.25) is 0 Å². The molecular formula is C14H17N3O2. The van der Waals surface area contributed by atoms with E-state index in [1.165, 1.54) is 6.08 Å². The summed E-state index contributed by atoms with van der Waals surface area (Å²) in [5.74, 6) is 0.539. The van der Waals surface area contributed by atoms with Gasteiger partial charge in [0.15, 0.2) is 0 Å². The van der Waals surface area contributed by atoms with Crippen molar-refractivity contribution in [3.05, 3.63) is 35.8 Å². The molecule has 0 saturated carbocycles. The number of hydrogen-bond acceptors (Lipinski definition) is 4. The highest BCUT2D eigenvalue weighted by Gasteiger charge is 2.02. The zero-order valence-electron chi connectivity index (χ0n) is 11.3. The van der Waals surface area contributed by atoms with Crippen LogP contribution in [0.2, 0.25) is 0 Å². The number of imidazole rings is 1. The molecule has 0 aliphatic rings. The first-order chi connectivity index (χ1) is 9.08. The largest absolute Gasteiger partial charge is 0.463 e. The van der Waals surface area contributed by atoms with E-state index >= 15 is 0 Å². The summed E-state index contributed by atoms with van der Waals surface area (Å²) in [4.78, 5) is 18.8. The van der Waals surface area contributed by atoms with Crippen LogP contribution in [0.3, 0.4) is 0 Å².